The van der Waals surface area contributed by atoms with Gasteiger partial charge < -0.3 is 15.5 Å². The van der Waals surface area contributed by atoms with E-state index >= 15 is 0 Å². The van der Waals surface area contributed by atoms with Gasteiger partial charge in [-0.25, -0.2) is 0 Å². The second-order valence-corrected chi connectivity index (χ2v) is 9.52. The number of ether oxygens (including phenoxy) is 1. The van der Waals surface area contributed by atoms with Crippen LogP contribution in [0.5, 0.6) is 5.75 Å². The van der Waals surface area contributed by atoms with Crippen molar-refractivity contribution in [3.8, 4) is 39.3 Å². The molecule has 0 saturated heterocycles. The highest BCUT2D eigenvalue weighted by molar-refractivity contribution is 5.99. The van der Waals surface area contributed by atoms with Crippen molar-refractivity contribution in [1.82, 2.24) is 9.97 Å². The van der Waals surface area contributed by atoms with Crippen LogP contribution in [-0.4, -0.2) is 22.6 Å². The van der Waals surface area contributed by atoms with E-state index in [2.05, 4.69) is 84.0 Å². The predicted octanol–water partition coefficient (Wildman–Crippen LogP) is 7.51. The van der Waals surface area contributed by atoms with E-state index in [1.165, 1.54) is 22.1 Å². The minimum absolute atomic E-state index is 0.112. The molecule has 0 aliphatic carbocycles. The van der Waals surface area contributed by atoms with Crippen LogP contribution in [0.1, 0.15) is 5.56 Å². The maximum atomic E-state index is 6.40. The SMILES string of the molecule is NC(COc1cnc(-c2ccccc2)c(-c2ccc3[nH]cc(-c4ccccc4)c3c2)c1)Cc1ccccc1. The van der Waals surface area contributed by atoms with Gasteiger partial charge in [-0.15, -0.1) is 0 Å². The highest BCUT2D eigenvalue weighted by Crippen LogP contribution is 2.37. The van der Waals surface area contributed by atoms with Crippen molar-refractivity contribution in [1.29, 1.82) is 0 Å². The molecule has 0 bridgehead atoms. The van der Waals surface area contributed by atoms with Crippen molar-refractivity contribution in [3.05, 3.63) is 133 Å². The molecule has 1 unspecified atom stereocenters. The number of hydrogen-bond donors (Lipinski definition) is 2. The Hall–Kier alpha value is -4.67. The maximum absolute atomic E-state index is 6.40. The summed E-state index contributed by atoms with van der Waals surface area (Å²) in [7, 11) is 0. The average Bonchev–Trinajstić information content (AvgIpc) is 3.41. The third-order valence-electron chi connectivity index (χ3n) is 6.79. The summed E-state index contributed by atoms with van der Waals surface area (Å²) in [4.78, 5) is 8.28. The van der Waals surface area contributed by atoms with Crippen molar-refractivity contribution in [3.63, 3.8) is 0 Å². The number of pyridine rings is 1. The number of rotatable bonds is 8. The van der Waals surface area contributed by atoms with Crippen LogP contribution in [0.25, 0.3) is 44.4 Å². The highest BCUT2D eigenvalue weighted by atomic mass is 16.5. The van der Waals surface area contributed by atoms with Crippen LogP contribution in [0.15, 0.2) is 128 Å². The third kappa shape index (κ3) is 5.08. The standard InChI is InChI=1S/C34H29N3O/c35-28(18-24-10-4-1-5-11-24)23-38-29-20-30(34(37-21-29)26-14-8-3-9-15-26)27-16-17-33-31(19-27)32(22-36-33)25-12-6-2-7-13-25/h1-17,19-22,28,36H,18,23,35H2. The number of fused-ring (bicyclic) bond motifs is 1. The first-order valence-corrected chi connectivity index (χ1v) is 12.9. The van der Waals surface area contributed by atoms with Crippen molar-refractivity contribution in [2.75, 3.05) is 6.61 Å². The van der Waals surface area contributed by atoms with E-state index in [1.807, 2.05) is 42.5 Å². The Balaban J connectivity index is 1.35. The summed E-state index contributed by atoms with van der Waals surface area (Å²) in [5.74, 6) is 0.709. The molecule has 0 aliphatic heterocycles. The van der Waals surface area contributed by atoms with Crippen LogP contribution in [0.4, 0.5) is 0 Å². The molecular weight excluding hydrogens is 466 g/mol. The molecule has 2 heterocycles. The minimum Gasteiger partial charge on any atom is -0.490 e. The summed E-state index contributed by atoms with van der Waals surface area (Å²) in [6.07, 6.45) is 4.63. The second-order valence-electron chi connectivity index (χ2n) is 9.52. The summed E-state index contributed by atoms with van der Waals surface area (Å²) in [5.41, 5.74) is 15.1. The predicted molar refractivity (Wildman–Crippen MR) is 156 cm³/mol. The first kappa shape index (κ1) is 23.7. The molecule has 4 heteroatoms. The Morgan fingerprint density at radius 1 is 0.711 bits per heavy atom. The lowest BCUT2D eigenvalue weighted by molar-refractivity contribution is 0.287. The van der Waals surface area contributed by atoms with Crippen LogP contribution < -0.4 is 10.5 Å². The molecule has 0 saturated carbocycles. The zero-order chi connectivity index (χ0) is 25.7. The van der Waals surface area contributed by atoms with E-state index in [9.17, 15) is 0 Å². The van der Waals surface area contributed by atoms with E-state index in [4.69, 9.17) is 15.5 Å². The number of nitrogens with one attached hydrogen (secondary N) is 1. The molecule has 6 rings (SSSR count). The maximum Gasteiger partial charge on any atom is 0.138 e. The molecule has 0 radical (unpaired) electrons. The number of hydrogen-bond acceptors (Lipinski definition) is 3. The Bertz CT molecular complexity index is 1640. The van der Waals surface area contributed by atoms with Gasteiger partial charge in [0.15, 0.2) is 0 Å². The van der Waals surface area contributed by atoms with Crippen molar-refractivity contribution in [2.24, 2.45) is 5.73 Å². The smallest absolute Gasteiger partial charge is 0.138 e. The minimum atomic E-state index is -0.112. The Morgan fingerprint density at radius 2 is 1.39 bits per heavy atom. The van der Waals surface area contributed by atoms with Gasteiger partial charge in [-0.1, -0.05) is 97.1 Å². The van der Waals surface area contributed by atoms with Gasteiger partial charge in [-0.05, 0) is 41.3 Å². The molecule has 4 nitrogen and oxygen atoms in total. The van der Waals surface area contributed by atoms with Gasteiger partial charge in [0.05, 0.1) is 11.9 Å². The summed E-state index contributed by atoms with van der Waals surface area (Å²) < 4.78 is 6.16. The fourth-order valence-corrected chi connectivity index (χ4v) is 4.89. The summed E-state index contributed by atoms with van der Waals surface area (Å²) in [5, 5.41) is 1.17. The molecule has 0 amide bonds. The van der Waals surface area contributed by atoms with Crippen molar-refractivity contribution >= 4 is 10.9 Å². The van der Waals surface area contributed by atoms with E-state index in [0.29, 0.717) is 12.4 Å². The number of nitrogens with two attached hydrogens (primary N) is 1. The molecule has 0 aliphatic rings. The molecule has 6 aromatic rings. The van der Waals surface area contributed by atoms with Crippen molar-refractivity contribution in [2.45, 2.75) is 12.5 Å². The van der Waals surface area contributed by atoms with Crippen LogP contribution in [-0.2, 0) is 6.42 Å². The molecule has 1 atom stereocenters. The second kappa shape index (κ2) is 10.8. The fraction of sp³-hybridized carbons (Fsp3) is 0.0882. The molecule has 4 aromatic carbocycles. The van der Waals surface area contributed by atoms with E-state index in [1.54, 1.807) is 6.20 Å². The van der Waals surface area contributed by atoms with Gasteiger partial charge in [-0.3, -0.25) is 4.98 Å². The monoisotopic (exact) mass is 495 g/mol. The first-order valence-electron chi connectivity index (χ1n) is 12.9. The largest absolute Gasteiger partial charge is 0.490 e. The van der Waals surface area contributed by atoms with E-state index in [-0.39, 0.29) is 6.04 Å². The van der Waals surface area contributed by atoms with Crippen LogP contribution in [0.3, 0.4) is 0 Å². The molecule has 186 valence electrons. The normalized spacial score (nSPS) is 11.9. The van der Waals surface area contributed by atoms with Crippen LogP contribution >= 0.6 is 0 Å². The Labute approximate surface area is 222 Å². The molecule has 0 spiro atoms. The topological polar surface area (TPSA) is 63.9 Å². The Kier molecular flexibility index (Phi) is 6.71. The highest BCUT2D eigenvalue weighted by Gasteiger charge is 2.14. The molecule has 2 aromatic heterocycles. The average molecular weight is 496 g/mol. The van der Waals surface area contributed by atoms with Gasteiger partial charge in [0, 0.05) is 39.8 Å². The van der Waals surface area contributed by atoms with Gasteiger partial charge in [0.1, 0.15) is 12.4 Å². The summed E-state index contributed by atoms with van der Waals surface area (Å²) >= 11 is 0. The number of nitrogens with zero attached hydrogens (tertiary/aromatic N) is 1. The quantitative estimate of drug-likeness (QED) is 0.230. The molecule has 38 heavy (non-hydrogen) atoms. The lowest BCUT2D eigenvalue weighted by Crippen LogP contribution is -2.30. The van der Waals surface area contributed by atoms with E-state index < -0.39 is 0 Å². The molecular formula is C34H29N3O. The molecule has 3 N–H and O–H groups in total. The van der Waals surface area contributed by atoms with Gasteiger partial charge in [0.25, 0.3) is 0 Å². The fourth-order valence-electron chi connectivity index (χ4n) is 4.89. The van der Waals surface area contributed by atoms with Gasteiger partial charge in [0.2, 0.25) is 0 Å². The number of aromatic amines is 1. The molecule has 0 fully saturated rings. The van der Waals surface area contributed by atoms with Crippen LogP contribution in [0, 0.1) is 0 Å². The number of H-pyrrole nitrogens is 1. The summed E-state index contributed by atoms with van der Waals surface area (Å²) in [6, 6.07) is 39.5. The van der Waals surface area contributed by atoms with Gasteiger partial charge >= 0.3 is 0 Å². The number of benzene rings is 4. The summed E-state index contributed by atoms with van der Waals surface area (Å²) in [6.45, 7) is 0.412. The first-order chi connectivity index (χ1) is 18.7. The zero-order valence-electron chi connectivity index (χ0n) is 21.0. The Morgan fingerprint density at radius 3 is 2.13 bits per heavy atom. The van der Waals surface area contributed by atoms with E-state index in [0.717, 1.165) is 34.3 Å². The lowest BCUT2D eigenvalue weighted by atomic mass is 9.96. The number of aromatic nitrogens is 2. The lowest BCUT2D eigenvalue weighted by Gasteiger charge is -2.16. The third-order valence-corrected chi connectivity index (χ3v) is 6.79. The van der Waals surface area contributed by atoms with Crippen LogP contribution in [0.2, 0.25) is 0 Å². The van der Waals surface area contributed by atoms with Crippen molar-refractivity contribution < 1.29 is 4.74 Å². The zero-order valence-corrected chi connectivity index (χ0v) is 21.0. The van der Waals surface area contributed by atoms with Gasteiger partial charge in [-0.2, -0.15) is 0 Å².